The van der Waals surface area contributed by atoms with E-state index in [2.05, 4.69) is 29.9 Å². The fourth-order valence-electron chi connectivity index (χ4n) is 3.36. The Morgan fingerprint density at radius 1 is 1.16 bits per heavy atom. The second-order valence-electron chi connectivity index (χ2n) is 5.92. The molecule has 0 saturated heterocycles. The first kappa shape index (κ1) is 14.1. The number of nitrogens with zero attached hydrogens (tertiary/aromatic N) is 6. The van der Waals surface area contributed by atoms with Crippen molar-refractivity contribution in [3.63, 3.8) is 0 Å². The zero-order valence-corrected chi connectivity index (χ0v) is 13.2. The Kier molecular flexibility index (Phi) is 3.03. The number of aromatic amines is 1. The summed E-state index contributed by atoms with van der Waals surface area (Å²) in [4.78, 5) is 18.5. The van der Waals surface area contributed by atoms with Gasteiger partial charge in [-0.3, -0.25) is 0 Å². The maximum Gasteiger partial charge on any atom is 0.226 e. The number of nitrogens with one attached hydrogen (secondary N) is 1. The van der Waals surface area contributed by atoms with Crippen molar-refractivity contribution in [2.45, 2.75) is 12.5 Å². The first-order chi connectivity index (χ1) is 12.3. The quantitative estimate of drug-likeness (QED) is 0.607. The van der Waals surface area contributed by atoms with Crippen molar-refractivity contribution in [3.8, 4) is 0 Å². The van der Waals surface area contributed by atoms with Gasteiger partial charge in [-0.1, -0.05) is 0 Å². The van der Waals surface area contributed by atoms with Crippen molar-refractivity contribution in [3.05, 3.63) is 72.1 Å². The number of hydrogen-bond donors (Lipinski definition) is 1. The number of rotatable bonds is 2. The largest absolute Gasteiger partial charge is 0.348 e. The Labute approximate surface area is 142 Å². The molecule has 1 aliphatic heterocycles. The van der Waals surface area contributed by atoms with Crippen LogP contribution < -0.4 is 4.90 Å². The monoisotopic (exact) mass is 335 g/mol. The number of imidazole rings is 1. The van der Waals surface area contributed by atoms with Crippen LogP contribution in [0.2, 0.25) is 0 Å². The molecule has 0 amide bonds. The lowest BCUT2D eigenvalue weighted by molar-refractivity contribution is 0.601. The minimum Gasteiger partial charge on any atom is -0.348 e. The zero-order chi connectivity index (χ0) is 16.8. The van der Waals surface area contributed by atoms with Crippen LogP contribution in [0.25, 0.3) is 5.52 Å². The van der Waals surface area contributed by atoms with Crippen LogP contribution in [0, 0.1) is 5.82 Å². The molecule has 124 valence electrons. The molecule has 1 aliphatic rings. The number of fused-ring (bicyclic) bond motifs is 2. The summed E-state index contributed by atoms with van der Waals surface area (Å²) in [5.74, 6) is 0.306. The summed E-state index contributed by atoms with van der Waals surface area (Å²) in [5, 5.41) is 4.58. The number of hydrogen-bond acceptors (Lipinski definition) is 5. The highest BCUT2D eigenvalue weighted by atomic mass is 19.1. The highest BCUT2D eigenvalue weighted by molar-refractivity contribution is 5.53. The highest BCUT2D eigenvalue weighted by Gasteiger charge is 2.34. The van der Waals surface area contributed by atoms with Crippen LogP contribution in [0.15, 0.2) is 49.2 Å². The van der Waals surface area contributed by atoms with Crippen LogP contribution in [-0.4, -0.2) is 36.1 Å². The van der Waals surface area contributed by atoms with E-state index in [1.165, 1.54) is 6.07 Å². The van der Waals surface area contributed by atoms with Crippen molar-refractivity contribution in [2.75, 3.05) is 11.4 Å². The second kappa shape index (κ2) is 5.37. The second-order valence-corrected chi connectivity index (χ2v) is 5.92. The van der Waals surface area contributed by atoms with Gasteiger partial charge in [-0.2, -0.15) is 5.10 Å². The van der Waals surface area contributed by atoms with Crippen molar-refractivity contribution >= 4 is 11.5 Å². The number of pyridine rings is 1. The minimum atomic E-state index is -0.304. The molecule has 0 bridgehead atoms. The minimum absolute atomic E-state index is 0.267. The third-order valence-electron chi connectivity index (χ3n) is 4.48. The van der Waals surface area contributed by atoms with E-state index in [0.717, 1.165) is 24.4 Å². The van der Waals surface area contributed by atoms with E-state index in [4.69, 9.17) is 0 Å². The van der Waals surface area contributed by atoms with Gasteiger partial charge in [-0.05, 0) is 24.3 Å². The van der Waals surface area contributed by atoms with Gasteiger partial charge in [0.25, 0.3) is 0 Å². The number of H-pyrrole nitrogens is 1. The molecule has 5 rings (SSSR count). The van der Waals surface area contributed by atoms with Gasteiger partial charge in [0.2, 0.25) is 5.95 Å². The Hall–Kier alpha value is -3.29. The average molecular weight is 335 g/mol. The molecule has 8 heteroatoms. The molecule has 0 aliphatic carbocycles. The summed E-state index contributed by atoms with van der Waals surface area (Å²) in [6, 6.07) is 6.34. The standard InChI is InChI=1S/C17H14FN7/c18-11-3-1-7-25-14(11)9-13(23-25)16-15-12(21-10-22-15)4-8-24(16)17-19-5-2-6-20-17/h1-3,5-7,9-10,16H,4,8H2,(H,21,22)/t16-/m1/s1. The van der Waals surface area contributed by atoms with Crippen LogP contribution in [0.1, 0.15) is 23.1 Å². The van der Waals surface area contributed by atoms with Crippen molar-refractivity contribution in [1.82, 2.24) is 29.5 Å². The van der Waals surface area contributed by atoms with Crippen LogP contribution in [0.3, 0.4) is 0 Å². The zero-order valence-electron chi connectivity index (χ0n) is 13.2. The Morgan fingerprint density at radius 3 is 2.88 bits per heavy atom. The fourth-order valence-corrected chi connectivity index (χ4v) is 3.36. The fraction of sp³-hybridized carbons (Fsp3) is 0.176. The lowest BCUT2D eigenvalue weighted by Gasteiger charge is -2.33. The molecular weight excluding hydrogens is 321 g/mol. The van der Waals surface area contributed by atoms with E-state index in [-0.39, 0.29) is 11.9 Å². The van der Waals surface area contributed by atoms with Crippen molar-refractivity contribution in [2.24, 2.45) is 0 Å². The number of anilines is 1. The van der Waals surface area contributed by atoms with E-state index in [1.54, 1.807) is 47.6 Å². The highest BCUT2D eigenvalue weighted by Crippen LogP contribution is 2.35. The third kappa shape index (κ3) is 2.18. The molecule has 0 fully saturated rings. The van der Waals surface area contributed by atoms with E-state index in [0.29, 0.717) is 17.2 Å². The van der Waals surface area contributed by atoms with Crippen LogP contribution in [0.4, 0.5) is 10.3 Å². The number of halogens is 1. The van der Waals surface area contributed by atoms with Crippen LogP contribution in [-0.2, 0) is 6.42 Å². The molecule has 25 heavy (non-hydrogen) atoms. The molecule has 0 aromatic carbocycles. The average Bonchev–Trinajstić information content (AvgIpc) is 3.29. The molecule has 7 nitrogen and oxygen atoms in total. The summed E-state index contributed by atoms with van der Waals surface area (Å²) < 4.78 is 15.7. The smallest absolute Gasteiger partial charge is 0.226 e. The third-order valence-corrected chi connectivity index (χ3v) is 4.48. The van der Waals surface area contributed by atoms with Crippen LogP contribution >= 0.6 is 0 Å². The van der Waals surface area contributed by atoms with Gasteiger partial charge in [0.05, 0.1) is 17.7 Å². The topological polar surface area (TPSA) is 75.0 Å². The Bertz CT molecular complexity index is 1040. The predicted molar refractivity (Wildman–Crippen MR) is 88.7 cm³/mol. The lowest BCUT2D eigenvalue weighted by atomic mass is 10.0. The Morgan fingerprint density at radius 2 is 2.04 bits per heavy atom. The van der Waals surface area contributed by atoms with Crippen LogP contribution in [0.5, 0.6) is 0 Å². The Balaban J connectivity index is 1.70. The van der Waals surface area contributed by atoms with Gasteiger partial charge < -0.3 is 9.88 Å². The molecule has 5 heterocycles. The van der Waals surface area contributed by atoms with Crippen molar-refractivity contribution in [1.29, 1.82) is 0 Å². The maximum absolute atomic E-state index is 14.1. The lowest BCUT2D eigenvalue weighted by Crippen LogP contribution is -2.37. The normalized spacial score (nSPS) is 17.0. The molecule has 0 saturated carbocycles. The van der Waals surface area contributed by atoms with E-state index in [9.17, 15) is 4.39 Å². The number of aromatic nitrogens is 6. The molecule has 4 aromatic rings. The van der Waals surface area contributed by atoms with Gasteiger partial charge in [0.15, 0.2) is 0 Å². The van der Waals surface area contributed by atoms with Gasteiger partial charge in [0, 0.05) is 37.3 Å². The molecule has 0 unspecified atom stereocenters. The molecule has 4 aromatic heterocycles. The van der Waals surface area contributed by atoms with Gasteiger partial charge in [-0.15, -0.1) is 0 Å². The summed E-state index contributed by atoms with van der Waals surface area (Å²) in [6.45, 7) is 0.722. The summed E-state index contributed by atoms with van der Waals surface area (Å²) in [5.41, 5.74) is 3.09. The SMILES string of the molecule is Fc1cccn2nc([C@@H]3c4nc[nH]c4CCN3c3ncccn3)cc12. The molecule has 0 spiro atoms. The summed E-state index contributed by atoms with van der Waals surface area (Å²) in [7, 11) is 0. The van der Waals surface area contributed by atoms with E-state index >= 15 is 0 Å². The maximum atomic E-state index is 14.1. The molecule has 0 radical (unpaired) electrons. The predicted octanol–water partition coefficient (Wildman–Crippen LogP) is 2.14. The molecule has 1 N–H and O–H groups in total. The molecular formula is C17H14FN7. The van der Waals surface area contributed by atoms with Crippen molar-refractivity contribution < 1.29 is 4.39 Å². The first-order valence-electron chi connectivity index (χ1n) is 8.01. The van der Waals surface area contributed by atoms with Gasteiger partial charge >= 0.3 is 0 Å². The summed E-state index contributed by atoms with van der Waals surface area (Å²) in [6.07, 6.45) is 7.65. The van der Waals surface area contributed by atoms with E-state index in [1.807, 2.05) is 0 Å². The molecule has 1 atom stereocenters. The first-order valence-corrected chi connectivity index (χ1v) is 8.01. The van der Waals surface area contributed by atoms with E-state index < -0.39 is 0 Å². The van der Waals surface area contributed by atoms with Gasteiger partial charge in [0.1, 0.15) is 17.4 Å². The summed E-state index contributed by atoms with van der Waals surface area (Å²) >= 11 is 0. The van der Waals surface area contributed by atoms with Gasteiger partial charge in [-0.25, -0.2) is 23.9 Å².